The van der Waals surface area contributed by atoms with E-state index in [-0.39, 0.29) is 6.10 Å². The molecule has 0 aromatic carbocycles. The molecule has 1 heterocycles. The Morgan fingerprint density at radius 2 is 2.38 bits per heavy atom. The van der Waals surface area contributed by atoms with E-state index in [4.69, 9.17) is 4.74 Å². The summed E-state index contributed by atoms with van der Waals surface area (Å²) in [6.07, 6.45) is 5.71. The molecule has 0 fully saturated rings. The number of aliphatic hydroxyl groups excluding tert-OH is 1. The van der Waals surface area contributed by atoms with Gasteiger partial charge in [-0.25, -0.2) is 0 Å². The summed E-state index contributed by atoms with van der Waals surface area (Å²) in [5, 5.41) is 9.93. The lowest BCUT2D eigenvalue weighted by atomic mass is 9.91. The van der Waals surface area contributed by atoms with E-state index in [0.29, 0.717) is 5.92 Å². The minimum Gasteiger partial charge on any atom is -0.501 e. The first kappa shape index (κ1) is 10.6. The van der Waals surface area contributed by atoms with Crippen molar-refractivity contribution in [2.45, 2.75) is 45.6 Å². The van der Waals surface area contributed by atoms with E-state index in [2.05, 4.69) is 13.8 Å². The van der Waals surface area contributed by atoms with E-state index in [0.717, 1.165) is 37.9 Å². The van der Waals surface area contributed by atoms with Gasteiger partial charge in [0.15, 0.2) is 0 Å². The Kier molecular flexibility index (Phi) is 4.29. The Morgan fingerprint density at radius 1 is 1.62 bits per heavy atom. The Labute approximate surface area is 80.6 Å². The third-order valence-corrected chi connectivity index (χ3v) is 2.63. The fourth-order valence-corrected chi connectivity index (χ4v) is 1.78. The van der Waals surface area contributed by atoms with Gasteiger partial charge in [-0.1, -0.05) is 20.3 Å². The van der Waals surface area contributed by atoms with Gasteiger partial charge in [0.05, 0.1) is 19.0 Å². The summed E-state index contributed by atoms with van der Waals surface area (Å²) < 4.78 is 5.21. The van der Waals surface area contributed by atoms with Gasteiger partial charge in [-0.3, -0.25) is 0 Å². The Hall–Kier alpha value is -0.500. The third-order valence-electron chi connectivity index (χ3n) is 2.63. The first-order valence-electron chi connectivity index (χ1n) is 5.24. The van der Waals surface area contributed by atoms with Crippen LogP contribution in [0.2, 0.25) is 0 Å². The summed E-state index contributed by atoms with van der Waals surface area (Å²) in [6, 6.07) is 0. The number of rotatable bonds is 4. The van der Waals surface area contributed by atoms with Crippen LogP contribution in [-0.2, 0) is 4.74 Å². The second-order valence-electron chi connectivity index (χ2n) is 3.88. The molecule has 2 heteroatoms. The fraction of sp³-hybridized carbons (Fsp3) is 0.818. The molecule has 13 heavy (non-hydrogen) atoms. The highest BCUT2D eigenvalue weighted by Crippen LogP contribution is 2.23. The standard InChI is InChI=1S/C11H20O2/c1-3-5-9(2)11(12)10-6-4-7-13-8-10/h8-9,11-12H,3-7H2,1-2H3. The van der Waals surface area contributed by atoms with Crippen molar-refractivity contribution in [1.82, 2.24) is 0 Å². The maximum atomic E-state index is 9.93. The molecule has 1 N–H and O–H groups in total. The smallest absolute Gasteiger partial charge is 0.0876 e. The zero-order chi connectivity index (χ0) is 9.68. The van der Waals surface area contributed by atoms with Gasteiger partial charge in [0.1, 0.15) is 0 Å². The molecule has 0 aromatic rings. The molecule has 1 aliphatic rings. The summed E-state index contributed by atoms with van der Waals surface area (Å²) in [4.78, 5) is 0. The van der Waals surface area contributed by atoms with Gasteiger partial charge in [0, 0.05) is 0 Å². The first-order chi connectivity index (χ1) is 6.25. The van der Waals surface area contributed by atoms with E-state index in [1.165, 1.54) is 0 Å². The Balaban J connectivity index is 2.44. The average molecular weight is 184 g/mol. The molecule has 0 spiro atoms. The van der Waals surface area contributed by atoms with Crippen LogP contribution >= 0.6 is 0 Å². The minimum absolute atomic E-state index is 0.291. The highest BCUT2D eigenvalue weighted by Gasteiger charge is 2.19. The van der Waals surface area contributed by atoms with Crippen molar-refractivity contribution in [3.05, 3.63) is 11.8 Å². The molecule has 2 unspecified atom stereocenters. The SMILES string of the molecule is CCCC(C)C(O)C1=COCCC1. The van der Waals surface area contributed by atoms with E-state index in [1.54, 1.807) is 6.26 Å². The maximum Gasteiger partial charge on any atom is 0.0876 e. The van der Waals surface area contributed by atoms with Crippen molar-refractivity contribution in [2.75, 3.05) is 6.61 Å². The quantitative estimate of drug-likeness (QED) is 0.727. The summed E-state index contributed by atoms with van der Waals surface area (Å²) in [7, 11) is 0. The second kappa shape index (κ2) is 5.28. The molecule has 0 bridgehead atoms. The number of aliphatic hydroxyl groups is 1. The molecule has 0 aliphatic carbocycles. The highest BCUT2D eigenvalue weighted by molar-refractivity contribution is 5.07. The van der Waals surface area contributed by atoms with Crippen molar-refractivity contribution in [1.29, 1.82) is 0 Å². The van der Waals surface area contributed by atoms with Crippen LogP contribution in [0.15, 0.2) is 11.8 Å². The van der Waals surface area contributed by atoms with Gasteiger partial charge in [0.2, 0.25) is 0 Å². The lowest BCUT2D eigenvalue weighted by Crippen LogP contribution is -2.22. The highest BCUT2D eigenvalue weighted by atomic mass is 16.5. The predicted molar refractivity (Wildman–Crippen MR) is 53.3 cm³/mol. The molecular formula is C11H20O2. The number of ether oxygens (including phenoxy) is 1. The van der Waals surface area contributed by atoms with Crippen LogP contribution in [0.1, 0.15) is 39.5 Å². The lowest BCUT2D eigenvalue weighted by molar-refractivity contribution is 0.122. The molecule has 0 radical (unpaired) electrons. The molecule has 76 valence electrons. The monoisotopic (exact) mass is 184 g/mol. The summed E-state index contributed by atoms with van der Waals surface area (Å²) >= 11 is 0. The Bertz CT molecular complexity index is 175. The molecular weight excluding hydrogens is 164 g/mol. The number of hydrogen-bond acceptors (Lipinski definition) is 2. The minimum atomic E-state index is -0.291. The van der Waals surface area contributed by atoms with Gasteiger partial charge < -0.3 is 9.84 Å². The zero-order valence-electron chi connectivity index (χ0n) is 8.62. The van der Waals surface area contributed by atoms with E-state index >= 15 is 0 Å². The van der Waals surface area contributed by atoms with Crippen LogP contribution in [-0.4, -0.2) is 17.8 Å². The molecule has 2 atom stereocenters. The van der Waals surface area contributed by atoms with Gasteiger partial charge in [0.25, 0.3) is 0 Å². The van der Waals surface area contributed by atoms with Gasteiger partial charge in [-0.15, -0.1) is 0 Å². The van der Waals surface area contributed by atoms with Crippen molar-refractivity contribution < 1.29 is 9.84 Å². The van der Waals surface area contributed by atoms with Crippen LogP contribution in [0, 0.1) is 5.92 Å². The van der Waals surface area contributed by atoms with E-state index in [1.807, 2.05) is 0 Å². The third kappa shape index (κ3) is 3.03. The largest absolute Gasteiger partial charge is 0.501 e. The number of hydrogen-bond donors (Lipinski definition) is 1. The second-order valence-corrected chi connectivity index (χ2v) is 3.88. The maximum absolute atomic E-state index is 9.93. The fourth-order valence-electron chi connectivity index (χ4n) is 1.78. The molecule has 0 amide bonds. The molecule has 1 rings (SSSR count). The molecule has 0 saturated heterocycles. The van der Waals surface area contributed by atoms with Crippen LogP contribution in [0.25, 0.3) is 0 Å². The summed E-state index contributed by atoms with van der Waals surface area (Å²) in [5.41, 5.74) is 1.08. The molecule has 1 aliphatic heterocycles. The predicted octanol–water partition coefficient (Wildman–Crippen LogP) is 2.48. The van der Waals surface area contributed by atoms with Gasteiger partial charge in [-0.05, 0) is 30.8 Å². The Morgan fingerprint density at radius 3 is 2.92 bits per heavy atom. The summed E-state index contributed by atoms with van der Waals surface area (Å²) in [5.74, 6) is 0.359. The molecule has 0 saturated carbocycles. The first-order valence-corrected chi connectivity index (χ1v) is 5.24. The van der Waals surface area contributed by atoms with E-state index in [9.17, 15) is 5.11 Å². The van der Waals surface area contributed by atoms with Crippen molar-refractivity contribution in [3.8, 4) is 0 Å². The average Bonchev–Trinajstić information content (AvgIpc) is 2.18. The van der Waals surface area contributed by atoms with Crippen molar-refractivity contribution >= 4 is 0 Å². The molecule has 0 aromatic heterocycles. The summed E-state index contributed by atoms with van der Waals surface area (Å²) in [6.45, 7) is 5.05. The lowest BCUT2D eigenvalue weighted by Gasteiger charge is -2.23. The van der Waals surface area contributed by atoms with Crippen LogP contribution in [0.3, 0.4) is 0 Å². The normalized spacial score (nSPS) is 21.6. The van der Waals surface area contributed by atoms with Crippen LogP contribution in [0.5, 0.6) is 0 Å². The van der Waals surface area contributed by atoms with Crippen LogP contribution < -0.4 is 0 Å². The van der Waals surface area contributed by atoms with Gasteiger partial charge >= 0.3 is 0 Å². The topological polar surface area (TPSA) is 29.5 Å². The van der Waals surface area contributed by atoms with Crippen LogP contribution in [0.4, 0.5) is 0 Å². The van der Waals surface area contributed by atoms with E-state index < -0.39 is 0 Å². The van der Waals surface area contributed by atoms with Gasteiger partial charge in [-0.2, -0.15) is 0 Å². The molecule has 2 nitrogen and oxygen atoms in total. The van der Waals surface area contributed by atoms with Crippen molar-refractivity contribution in [2.24, 2.45) is 5.92 Å². The van der Waals surface area contributed by atoms with Crippen molar-refractivity contribution in [3.63, 3.8) is 0 Å². The zero-order valence-corrected chi connectivity index (χ0v) is 8.62.